The Morgan fingerprint density at radius 3 is 2.61 bits per heavy atom. The predicted molar refractivity (Wildman–Crippen MR) is 94.9 cm³/mol. The molecule has 0 saturated carbocycles. The first-order valence-electron chi connectivity index (χ1n) is 9.04. The first-order chi connectivity index (χ1) is 10.8. The summed E-state index contributed by atoms with van der Waals surface area (Å²) in [5.74, 6) is 1.39. The van der Waals surface area contributed by atoms with E-state index in [1.807, 2.05) is 7.05 Å². The quantitative estimate of drug-likeness (QED) is 0.616. The minimum atomic E-state index is -0.0560. The van der Waals surface area contributed by atoms with Gasteiger partial charge in [0.05, 0.1) is 11.7 Å². The minimum Gasteiger partial charge on any atom is -0.377 e. The summed E-state index contributed by atoms with van der Waals surface area (Å²) in [4.78, 5) is 4.35. The van der Waals surface area contributed by atoms with Crippen molar-refractivity contribution in [3.05, 3.63) is 0 Å². The Labute approximate surface area is 141 Å². The highest BCUT2D eigenvalue weighted by molar-refractivity contribution is 5.79. The van der Waals surface area contributed by atoms with Crippen molar-refractivity contribution in [2.24, 2.45) is 16.3 Å². The van der Waals surface area contributed by atoms with Crippen LogP contribution >= 0.6 is 0 Å². The van der Waals surface area contributed by atoms with Gasteiger partial charge in [-0.2, -0.15) is 0 Å². The van der Waals surface area contributed by atoms with Gasteiger partial charge in [-0.1, -0.05) is 20.8 Å². The summed E-state index contributed by atoms with van der Waals surface area (Å²) in [7, 11) is 1.83. The van der Waals surface area contributed by atoms with Gasteiger partial charge in [0.1, 0.15) is 0 Å². The van der Waals surface area contributed by atoms with E-state index in [-0.39, 0.29) is 11.0 Å². The molecule has 0 amide bonds. The normalized spacial score (nSPS) is 32.8. The van der Waals surface area contributed by atoms with Crippen molar-refractivity contribution in [1.82, 2.24) is 10.6 Å². The SMILES string of the molecule is CN=C(NCC1CCCOC1C(C)(C)C)NCC1(C)CCCO1. The second-order valence-electron chi connectivity index (χ2n) is 8.27. The van der Waals surface area contributed by atoms with Gasteiger partial charge >= 0.3 is 0 Å². The fraction of sp³-hybridized carbons (Fsp3) is 0.944. The van der Waals surface area contributed by atoms with Gasteiger partial charge < -0.3 is 20.1 Å². The topological polar surface area (TPSA) is 54.9 Å². The van der Waals surface area contributed by atoms with E-state index < -0.39 is 0 Å². The largest absolute Gasteiger partial charge is 0.377 e. The number of hydrogen-bond donors (Lipinski definition) is 2. The third-order valence-electron chi connectivity index (χ3n) is 4.98. The molecule has 3 atom stereocenters. The molecule has 2 N–H and O–H groups in total. The van der Waals surface area contributed by atoms with Gasteiger partial charge in [0, 0.05) is 39.3 Å². The molecule has 0 aromatic carbocycles. The fourth-order valence-electron chi connectivity index (χ4n) is 3.70. The first-order valence-corrected chi connectivity index (χ1v) is 9.04. The Kier molecular flexibility index (Phi) is 6.32. The summed E-state index contributed by atoms with van der Waals surface area (Å²) in [5.41, 5.74) is 0.119. The molecule has 2 fully saturated rings. The number of nitrogens with zero attached hydrogens (tertiary/aromatic N) is 1. The number of nitrogens with one attached hydrogen (secondary N) is 2. The maximum atomic E-state index is 6.06. The standard InChI is InChI=1S/C18H35N3O2/c1-17(2,3)15-14(8-6-10-22-15)12-20-16(19-5)21-13-18(4)9-7-11-23-18/h14-15H,6-13H2,1-5H3,(H2,19,20,21). The van der Waals surface area contributed by atoms with E-state index >= 15 is 0 Å². The molecule has 2 aliphatic rings. The Balaban J connectivity index is 1.82. The van der Waals surface area contributed by atoms with E-state index in [4.69, 9.17) is 9.47 Å². The summed E-state index contributed by atoms with van der Waals surface area (Å²) in [6, 6.07) is 0. The monoisotopic (exact) mass is 325 g/mol. The summed E-state index contributed by atoms with van der Waals surface area (Å²) in [5, 5.41) is 6.90. The number of aliphatic imine (C=N–C) groups is 1. The van der Waals surface area contributed by atoms with Crippen molar-refractivity contribution in [2.45, 2.75) is 65.1 Å². The molecular weight excluding hydrogens is 290 g/mol. The number of hydrogen-bond acceptors (Lipinski definition) is 3. The van der Waals surface area contributed by atoms with Gasteiger partial charge in [0.2, 0.25) is 0 Å². The Bertz CT molecular complexity index is 398. The third kappa shape index (κ3) is 5.35. The molecule has 2 aliphatic heterocycles. The highest BCUT2D eigenvalue weighted by Crippen LogP contribution is 2.33. The summed E-state index contributed by atoms with van der Waals surface area (Å²) < 4.78 is 11.9. The average molecular weight is 325 g/mol. The zero-order valence-corrected chi connectivity index (χ0v) is 15.6. The van der Waals surface area contributed by atoms with Crippen LogP contribution in [0.15, 0.2) is 4.99 Å². The predicted octanol–water partition coefficient (Wildman–Crippen LogP) is 2.56. The maximum Gasteiger partial charge on any atom is 0.191 e. The van der Waals surface area contributed by atoms with Crippen LogP contribution in [0.4, 0.5) is 0 Å². The smallest absolute Gasteiger partial charge is 0.191 e. The molecule has 2 saturated heterocycles. The second kappa shape index (κ2) is 7.84. The number of ether oxygens (including phenoxy) is 2. The zero-order valence-electron chi connectivity index (χ0n) is 15.6. The van der Waals surface area contributed by atoms with Gasteiger partial charge in [-0.05, 0) is 38.0 Å². The van der Waals surface area contributed by atoms with Crippen LogP contribution in [0.2, 0.25) is 0 Å². The molecule has 2 rings (SSSR count). The van der Waals surface area contributed by atoms with Gasteiger partial charge in [-0.15, -0.1) is 0 Å². The van der Waals surface area contributed by atoms with E-state index in [0.717, 1.165) is 51.5 Å². The van der Waals surface area contributed by atoms with Crippen LogP contribution < -0.4 is 10.6 Å². The van der Waals surface area contributed by atoms with Gasteiger partial charge in [-0.25, -0.2) is 0 Å². The Morgan fingerprint density at radius 2 is 2.00 bits per heavy atom. The summed E-state index contributed by atoms with van der Waals surface area (Å²) in [6.07, 6.45) is 4.93. The lowest BCUT2D eigenvalue weighted by atomic mass is 9.78. The molecular formula is C18H35N3O2. The van der Waals surface area contributed by atoms with Crippen molar-refractivity contribution in [3.63, 3.8) is 0 Å². The van der Waals surface area contributed by atoms with Crippen LogP contribution in [-0.2, 0) is 9.47 Å². The lowest BCUT2D eigenvalue weighted by Crippen LogP contribution is -2.49. The van der Waals surface area contributed by atoms with E-state index in [1.165, 1.54) is 6.42 Å². The van der Waals surface area contributed by atoms with Crippen molar-refractivity contribution < 1.29 is 9.47 Å². The molecule has 5 heteroatoms. The van der Waals surface area contributed by atoms with Gasteiger partial charge in [-0.3, -0.25) is 4.99 Å². The van der Waals surface area contributed by atoms with Crippen LogP contribution in [0.3, 0.4) is 0 Å². The lowest BCUT2D eigenvalue weighted by Gasteiger charge is -2.40. The second-order valence-corrected chi connectivity index (χ2v) is 8.27. The van der Waals surface area contributed by atoms with E-state index in [0.29, 0.717) is 12.0 Å². The highest BCUT2D eigenvalue weighted by Gasteiger charge is 2.35. The third-order valence-corrected chi connectivity index (χ3v) is 4.98. The molecule has 0 spiro atoms. The molecule has 3 unspecified atom stereocenters. The molecule has 23 heavy (non-hydrogen) atoms. The van der Waals surface area contributed by atoms with Crippen molar-refractivity contribution in [1.29, 1.82) is 0 Å². The van der Waals surface area contributed by atoms with E-state index in [1.54, 1.807) is 0 Å². The highest BCUT2D eigenvalue weighted by atomic mass is 16.5. The van der Waals surface area contributed by atoms with Crippen LogP contribution in [0.1, 0.15) is 53.4 Å². The van der Waals surface area contributed by atoms with Crippen LogP contribution in [-0.4, -0.2) is 51.0 Å². The van der Waals surface area contributed by atoms with Gasteiger partial charge in [0.15, 0.2) is 5.96 Å². The minimum absolute atomic E-state index is 0.0560. The zero-order chi connectivity index (χ0) is 16.9. The lowest BCUT2D eigenvalue weighted by molar-refractivity contribution is -0.0835. The molecule has 5 nitrogen and oxygen atoms in total. The molecule has 0 aromatic rings. The average Bonchev–Trinajstić information content (AvgIpc) is 2.94. The van der Waals surface area contributed by atoms with Crippen molar-refractivity contribution in [2.75, 3.05) is 33.4 Å². The number of rotatable bonds is 4. The molecule has 2 heterocycles. The van der Waals surface area contributed by atoms with E-state index in [9.17, 15) is 0 Å². The van der Waals surface area contributed by atoms with Gasteiger partial charge in [0.25, 0.3) is 0 Å². The summed E-state index contributed by atoms with van der Waals surface area (Å²) in [6.45, 7) is 12.4. The Hall–Kier alpha value is -0.810. The molecule has 0 radical (unpaired) electrons. The first kappa shape index (κ1) is 18.5. The molecule has 0 bridgehead atoms. The maximum absolute atomic E-state index is 6.06. The molecule has 0 aromatic heterocycles. The fourth-order valence-corrected chi connectivity index (χ4v) is 3.70. The van der Waals surface area contributed by atoms with Crippen LogP contribution in [0.5, 0.6) is 0 Å². The van der Waals surface area contributed by atoms with E-state index in [2.05, 4.69) is 43.3 Å². The molecule has 134 valence electrons. The van der Waals surface area contributed by atoms with Crippen molar-refractivity contribution >= 4 is 5.96 Å². The van der Waals surface area contributed by atoms with Crippen LogP contribution in [0, 0.1) is 11.3 Å². The Morgan fingerprint density at radius 1 is 1.22 bits per heavy atom. The number of guanidine groups is 1. The summed E-state index contributed by atoms with van der Waals surface area (Å²) >= 11 is 0. The van der Waals surface area contributed by atoms with Crippen LogP contribution in [0.25, 0.3) is 0 Å². The van der Waals surface area contributed by atoms with Crippen molar-refractivity contribution in [3.8, 4) is 0 Å². The molecule has 0 aliphatic carbocycles.